The molecule has 1 saturated heterocycles. The van der Waals surface area contributed by atoms with Crippen molar-refractivity contribution in [3.8, 4) is 0 Å². The van der Waals surface area contributed by atoms with Crippen LogP contribution in [-0.2, 0) is 10.0 Å². The lowest BCUT2D eigenvalue weighted by atomic mass is 10.2. The Bertz CT molecular complexity index is 921. The van der Waals surface area contributed by atoms with Gasteiger partial charge in [-0.3, -0.25) is 15.0 Å². The van der Waals surface area contributed by atoms with Crippen molar-refractivity contribution in [3.05, 3.63) is 52.5 Å². The van der Waals surface area contributed by atoms with Crippen molar-refractivity contribution in [2.75, 3.05) is 39.0 Å². The first-order valence-electron chi connectivity index (χ1n) is 9.03. The van der Waals surface area contributed by atoms with Gasteiger partial charge in [0.1, 0.15) is 10.7 Å². The monoisotopic (exact) mass is 408 g/mol. The predicted octanol–water partition coefficient (Wildman–Crippen LogP) is 2.69. The average molecular weight is 408 g/mol. The fourth-order valence-electron chi connectivity index (χ4n) is 3.28. The third-order valence-corrected chi connectivity index (χ3v) is 6.78. The van der Waals surface area contributed by atoms with Gasteiger partial charge in [-0.25, -0.2) is 8.42 Å². The van der Waals surface area contributed by atoms with Gasteiger partial charge in [-0.1, -0.05) is 0 Å². The van der Waals surface area contributed by atoms with Crippen molar-refractivity contribution in [2.24, 2.45) is 0 Å². The van der Waals surface area contributed by atoms with Crippen LogP contribution in [0.3, 0.4) is 0 Å². The molecule has 1 aromatic carbocycles. The number of likely N-dealkylation sites (N-methyl/N-ethyl adjacent to an activating group) is 1. The number of furan rings is 1. The molecular weight excluding hydrogens is 384 g/mol. The highest BCUT2D eigenvalue weighted by Crippen LogP contribution is 2.31. The van der Waals surface area contributed by atoms with E-state index >= 15 is 0 Å². The summed E-state index contributed by atoms with van der Waals surface area (Å²) >= 11 is 0. The zero-order valence-corrected chi connectivity index (χ0v) is 16.7. The number of benzene rings is 1. The van der Waals surface area contributed by atoms with Gasteiger partial charge in [0.2, 0.25) is 10.0 Å². The molecule has 0 bridgehead atoms. The van der Waals surface area contributed by atoms with E-state index in [1.165, 1.54) is 16.4 Å². The maximum Gasteiger partial charge on any atom is 0.270 e. The number of sulfonamides is 1. The van der Waals surface area contributed by atoms with Crippen molar-refractivity contribution < 1.29 is 17.8 Å². The molecule has 0 saturated carbocycles. The number of nitro groups is 1. The molecule has 9 nitrogen and oxygen atoms in total. The van der Waals surface area contributed by atoms with Crippen LogP contribution >= 0.6 is 0 Å². The van der Waals surface area contributed by atoms with E-state index in [1.807, 2.05) is 25.1 Å². The van der Waals surface area contributed by atoms with Gasteiger partial charge in [0.15, 0.2) is 0 Å². The molecule has 1 aromatic heterocycles. The molecular formula is C18H24N4O5S. The first kappa shape index (κ1) is 20.3. The molecule has 1 N–H and O–H groups in total. The Morgan fingerprint density at radius 3 is 2.57 bits per heavy atom. The number of nitrogens with one attached hydrogen (secondary N) is 1. The minimum Gasteiger partial charge on any atom is -0.468 e. The highest BCUT2D eigenvalue weighted by atomic mass is 32.2. The Kier molecular flexibility index (Phi) is 6.01. The molecule has 1 aliphatic rings. The normalized spacial score (nSPS) is 16.4. The summed E-state index contributed by atoms with van der Waals surface area (Å²) in [6.45, 7) is 1.23. The van der Waals surface area contributed by atoms with E-state index in [0.717, 1.165) is 24.7 Å². The van der Waals surface area contributed by atoms with Gasteiger partial charge in [0, 0.05) is 31.8 Å². The number of anilines is 1. The Morgan fingerprint density at radius 2 is 2.00 bits per heavy atom. The molecule has 1 fully saturated rings. The van der Waals surface area contributed by atoms with Crippen LogP contribution in [0.1, 0.15) is 24.6 Å². The molecule has 3 rings (SSSR count). The second-order valence-corrected chi connectivity index (χ2v) is 8.83. The second kappa shape index (κ2) is 8.29. The highest BCUT2D eigenvalue weighted by molar-refractivity contribution is 7.89. The number of hydrogen-bond acceptors (Lipinski definition) is 7. The number of nitro benzene ring substituents is 1. The summed E-state index contributed by atoms with van der Waals surface area (Å²) in [4.78, 5) is 12.5. The molecule has 10 heteroatoms. The zero-order chi connectivity index (χ0) is 20.3. The smallest absolute Gasteiger partial charge is 0.270 e. The summed E-state index contributed by atoms with van der Waals surface area (Å²) in [7, 11) is -0.0271. The van der Waals surface area contributed by atoms with Crippen molar-refractivity contribution in [1.29, 1.82) is 0 Å². The first-order chi connectivity index (χ1) is 13.3. The molecule has 1 aliphatic heterocycles. The predicted molar refractivity (Wildman–Crippen MR) is 105 cm³/mol. The minimum atomic E-state index is -3.82. The SMILES string of the molecule is CN(C)C(CNc1ccc([N+](=O)[O-])cc1S(=O)(=O)N1CCCC1)c1ccco1. The molecule has 0 aliphatic carbocycles. The summed E-state index contributed by atoms with van der Waals surface area (Å²) in [6, 6.07) is 7.41. The molecule has 28 heavy (non-hydrogen) atoms. The van der Waals surface area contributed by atoms with Gasteiger partial charge >= 0.3 is 0 Å². The van der Waals surface area contributed by atoms with Crippen molar-refractivity contribution in [1.82, 2.24) is 9.21 Å². The lowest BCUT2D eigenvalue weighted by Crippen LogP contribution is -2.30. The molecule has 1 unspecified atom stereocenters. The lowest BCUT2D eigenvalue weighted by Gasteiger charge is -2.24. The summed E-state index contributed by atoms with van der Waals surface area (Å²) in [5.41, 5.74) is 0.0921. The fourth-order valence-corrected chi connectivity index (χ4v) is 4.98. The van der Waals surface area contributed by atoms with Crippen molar-refractivity contribution in [3.63, 3.8) is 0 Å². The van der Waals surface area contributed by atoms with E-state index < -0.39 is 14.9 Å². The molecule has 0 amide bonds. The lowest BCUT2D eigenvalue weighted by molar-refractivity contribution is -0.385. The summed E-state index contributed by atoms with van der Waals surface area (Å²) in [6.07, 6.45) is 3.16. The van der Waals surface area contributed by atoms with E-state index in [4.69, 9.17) is 4.42 Å². The van der Waals surface area contributed by atoms with Crippen LogP contribution in [0.4, 0.5) is 11.4 Å². The zero-order valence-electron chi connectivity index (χ0n) is 15.9. The number of hydrogen-bond donors (Lipinski definition) is 1. The third-order valence-electron chi connectivity index (χ3n) is 4.84. The van der Waals surface area contributed by atoms with Crippen LogP contribution in [0, 0.1) is 10.1 Å². The maximum atomic E-state index is 13.1. The van der Waals surface area contributed by atoms with Gasteiger partial charge in [0.05, 0.1) is 22.9 Å². The van der Waals surface area contributed by atoms with Crippen LogP contribution in [0.5, 0.6) is 0 Å². The van der Waals surface area contributed by atoms with Gasteiger partial charge in [-0.2, -0.15) is 4.31 Å². The number of nitrogens with zero attached hydrogens (tertiary/aromatic N) is 3. The largest absolute Gasteiger partial charge is 0.468 e. The van der Waals surface area contributed by atoms with Crippen LogP contribution in [0.25, 0.3) is 0 Å². The summed E-state index contributed by atoms with van der Waals surface area (Å²) < 4.78 is 33.0. The van der Waals surface area contributed by atoms with E-state index in [-0.39, 0.29) is 16.6 Å². The summed E-state index contributed by atoms with van der Waals surface area (Å²) in [5.74, 6) is 0.739. The van der Waals surface area contributed by atoms with E-state index in [2.05, 4.69) is 5.32 Å². The molecule has 0 spiro atoms. The van der Waals surface area contributed by atoms with E-state index in [0.29, 0.717) is 25.3 Å². The van der Waals surface area contributed by atoms with Gasteiger partial charge < -0.3 is 9.73 Å². The van der Waals surface area contributed by atoms with Crippen LogP contribution in [-0.4, -0.2) is 56.3 Å². The molecule has 1 atom stereocenters. The average Bonchev–Trinajstić information content (AvgIpc) is 3.36. The molecule has 2 heterocycles. The van der Waals surface area contributed by atoms with E-state index in [9.17, 15) is 18.5 Å². The van der Waals surface area contributed by atoms with Crippen molar-refractivity contribution in [2.45, 2.75) is 23.8 Å². The van der Waals surface area contributed by atoms with Gasteiger partial charge in [-0.15, -0.1) is 0 Å². The minimum absolute atomic E-state index is 0.0689. The third kappa shape index (κ3) is 4.18. The van der Waals surface area contributed by atoms with Crippen LogP contribution in [0.15, 0.2) is 45.9 Å². The molecule has 152 valence electrons. The van der Waals surface area contributed by atoms with Crippen LogP contribution < -0.4 is 5.32 Å². The first-order valence-corrected chi connectivity index (χ1v) is 10.5. The number of rotatable bonds is 8. The molecule has 0 radical (unpaired) electrons. The number of non-ortho nitro benzene ring substituents is 1. The Hall–Kier alpha value is -2.43. The quantitative estimate of drug-likeness (QED) is 0.528. The highest BCUT2D eigenvalue weighted by Gasteiger charge is 2.31. The van der Waals surface area contributed by atoms with Gasteiger partial charge in [0.25, 0.3) is 5.69 Å². The maximum absolute atomic E-state index is 13.1. The van der Waals surface area contributed by atoms with Gasteiger partial charge in [-0.05, 0) is 45.1 Å². The van der Waals surface area contributed by atoms with E-state index in [1.54, 1.807) is 12.3 Å². The topological polar surface area (TPSA) is 109 Å². The second-order valence-electron chi connectivity index (χ2n) is 6.92. The standard InChI is InChI=1S/C18H24N4O5S/c1-20(2)16(17-6-5-11-27-17)13-19-15-8-7-14(22(23)24)12-18(15)28(25,26)21-9-3-4-10-21/h5-8,11-12,16,19H,3-4,9-10,13H2,1-2H3. The Balaban J connectivity index is 1.92. The Labute approximate surface area is 164 Å². The van der Waals surface area contributed by atoms with Crippen molar-refractivity contribution >= 4 is 21.4 Å². The Morgan fingerprint density at radius 1 is 1.29 bits per heavy atom. The summed E-state index contributed by atoms with van der Waals surface area (Å²) in [5, 5.41) is 14.3. The van der Waals surface area contributed by atoms with Crippen LogP contribution in [0.2, 0.25) is 0 Å². The molecule has 2 aromatic rings. The fraction of sp³-hybridized carbons (Fsp3) is 0.444.